The molecule has 0 atom stereocenters. The predicted octanol–water partition coefficient (Wildman–Crippen LogP) is 0.767. The van der Waals surface area contributed by atoms with Gasteiger partial charge in [0.25, 0.3) is 0 Å². The van der Waals surface area contributed by atoms with Crippen molar-refractivity contribution >= 4 is 23.3 Å². The molecule has 1 amide bonds. The molecule has 44 valence electrons. The quantitative estimate of drug-likeness (QED) is 0.408. The summed E-state index contributed by atoms with van der Waals surface area (Å²) >= 11 is 4.42. The van der Waals surface area contributed by atoms with E-state index in [2.05, 4.69) is 18.8 Å². The highest BCUT2D eigenvalue weighted by molar-refractivity contribution is 7.80. The number of hydrogen-bond donors (Lipinski definition) is 2. The fourth-order valence-electron chi connectivity index (χ4n) is 0.156. The second kappa shape index (κ2) is 3.15. The third-order valence-corrected chi connectivity index (χ3v) is 0.684. The van der Waals surface area contributed by atoms with E-state index in [-0.39, 0.29) is 4.99 Å². The first-order chi connectivity index (χ1) is 3.66. The summed E-state index contributed by atoms with van der Waals surface area (Å²) in [6.45, 7) is 3.25. The molecule has 3 nitrogen and oxygen atoms in total. The number of amides is 1. The zero-order valence-electron chi connectivity index (χ0n) is 4.05. The lowest BCUT2D eigenvalue weighted by atomic mass is 10.6. The molecule has 0 aliphatic rings. The summed E-state index contributed by atoms with van der Waals surface area (Å²) in [5.74, 6) is 0. The molecular formula is C4H5NO2S. The van der Waals surface area contributed by atoms with Crippen LogP contribution < -0.4 is 5.32 Å². The number of carbonyl (C=O) groups is 1. The van der Waals surface area contributed by atoms with Gasteiger partial charge in [-0.25, -0.2) is 4.79 Å². The number of carboxylic acid groups (broad SMARTS) is 1. The second-order valence-electron chi connectivity index (χ2n) is 0.999. The van der Waals surface area contributed by atoms with Gasteiger partial charge in [-0.05, 0) is 6.08 Å². The minimum Gasteiger partial charge on any atom is -0.465 e. The van der Waals surface area contributed by atoms with Gasteiger partial charge in [-0.15, -0.1) is 0 Å². The summed E-state index contributed by atoms with van der Waals surface area (Å²) in [4.78, 5) is 9.84. The van der Waals surface area contributed by atoms with Crippen LogP contribution in [0.15, 0.2) is 12.7 Å². The van der Waals surface area contributed by atoms with Gasteiger partial charge in [0.15, 0.2) is 0 Å². The van der Waals surface area contributed by atoms with Crippen molar-refractivity contribution in [3.63, 3.8) is 0 Å². The summed E-state index contributed by atoms with van der Waals surface area (Å²) < 4.78 is 0. The van der Waals surface area contributed by atoms with Gasteiger partial charge in [-0.3, -0.25) is 5.32 Å². The van der Waals surface area contributed by atoms with Crippen LogP contribution in [0.25, 0.3) is 0 Å². The lowest BCUT2D eigenvalue weighted by Gasteiger charge is -1.91. The Labute approximate surface area is 52.0 Å². The second-order valence-corrected chi connectivity index (χ2v) is 1.44. The van der Waals surface area contributed by atoms with Crippen LogP contribution in [-0.2, 0) is 0 Å². The average molecular weight is 131 g/mol. The first-order valence-corrected chi connectivity index (χ1v) is 2.24. The standard InChI is InChI=1S/C4H5NO2S/c1-2-3(8)5-4(6)7/h2H,1H2,(H,5,8)(H,6,7). The maximum Gasteiger partial charge on any atom is 0.409 e. The number of rotatable bonds is 1. The van der Waals surface area contributed by atoms with E-state index in [9.17, 15) is 4.79 Å². The molecule has 0 bridgehead atoms. The molecule has 2 N–H and O–H groups in total. The number of nitrogens with one attached hydrogen (secondary N) is 1. The van der Waals surface area contributed by atoms with Gasteiger partial charge in [0.1, 0.15) is 4.99 Å². The molecule has 8 heavy (non-hydrogen) atoms. The van der Waals surface area contributed by atoms with E-state index in [0.29, 0.717) is 0 Å². The number of hydrogen-bond acceptors (Lipinski definition) is 2. The van der Waals surface area contributed by atoms with E-state index in [1.807, 2.05) is 5.32 Å². The van der Waals surface area contributed by atoms with Gasteiger partial charge in [-0.1, -0.05) is 18.8 Å². The van der Waals surface area contributed by atoms with Gasteiger partial charge in [0.05, 0.1) is 0 Å². The van der Waals surface area contributed by atoms with E-state index in [1.54, 1.807) is 0 Å². The van der Waals surface area contributed by atoms with E-state index in [1.165, 1.54) is 6.08 Å². The van der Waals surface area contributed by atoms with Crippen molar-refractivity contribution in [3.05, 3.63) is 12.7 Å². The molecule has 0 spiro atoms. The van der Waals surface area contributed by atoms with Crippen molar-refractivity contribution in [1.82, 2.24) is 5.32 Å². The average Bonchev–Trinajstić information content (AvgIpc) is 1.65. The Bertz CT molecular complexity index is 132. The largest absolute Gasteiger partial charge is 0.465 e. The van der Waals surface area contributed by atoms with Crippen LogP contribution in [0.4, 0.5) is 4.79 Å². The van der Waals surface area contributed by atoms with Crippen LogP contribution in [-0.4, -0.2) is 16.2 Å². The van der Waals surface area contributed by atoms with Crippen LogP contribution in [0.5, 0.6) is 0 Å². The van der Waals surface area contributed by atoms with Crippen molar-refractivity contribution in [3.8, 4) is 0 Å². The molecule has 0 unspecified atom stereocenters. The van der Waals surface area contributed by atoms with Crippen molar-refractivity contribution in [2.45, 2.75) is 0 Å². The first-order valence-electron chi connectivity index (χ1n) is 1.83. The SMILES string of the molecule is C=CC(=S)NC(=O)O. The fourth-order valence-corrected chi connectivity index (χ4v) is 0.244. The lowest BCUT2D eigenvalue weighted by Crippen LogP contribution is -2.24. The fraction of sp³-hybridized carbons (Fsp3) is 0. The molecule has 0 aromatic heterocycles. The highest BCUT2D eigenvalue weighted by Crippen LogP contribution is 1.70. The van der Waals surface area contributed by atoms with E-state index in [0.717, 1.165) is 0 Å². The Morgan fingerprint density at radius 3 is 2.50 bits per heavy atom. The van der Waals surface area contributed by atoms with E-state index < -0.39 is 6.09 Å². The summed E-state index contributed by atoms with van der Waals surface area (Å²) in [6, 6.07) is 0. The van der Waals surface area contributed by atoms with Crippen LogP contribution >= 0.6 is 12.2 Å². The van der Waals surface area contributed by atoms with Gasteiger partial charge in [-0.2, -0.15) is 0 Å². The zero-order chi connectivity index (χ0) is 6.57. The molecule has 4 heteroatoms. The third kappa shape index (κ3) is 3.30. The summed E-state index contributed by atoms with van der Waals surface area (Å²) in [6.07, 6.45) is 0.0959. The minimum atomic E-state index is -1.16. The predicted molar refractivity (Wildman–Crippen MR) is 34.0 cm³/mol. The van der Waals surface area contributed by atoms with Gasteiger partial charge >= 0.3 is 6.09 Å². The molecule has 0 aromatic carbocycles. The highest BCUT2D eigenvalue weighted by atomic mass is 32.1. The Morgan fingerprint density at radius 2 is 2.38 bits per heavy atom. The Balaban J connectivity index is 3.55. The normalized spacial score (nSPS) is 7.50. The minimum absolute atomic E-state index is 0.123. The molecule has 0 radical (unpaired) electrons. The number of thiocarbonyl (C=S) groups is 1. The molecule has 0 aromatic rings. The van der Waals surface area contributed by atoms with Gasteiger partial charge < -0.3 is 5.11 Å². The Hall–Kier alpha value is -0.900. The van der Waals surface area contributed by atoms with Crippen molar-refractivity contribution in [2.24, 2.45) is 0 Å². The molecular weight excluding hydrogens is 126 g/mol. The molecule has 0 rings (SSSR count). The van der Waals surface area contributed by atoms with E-state index in [4.69, 9.17) is 5.11 Å². The Morgan fingerprint density at radius 1 is 1.88 bits per heavy atom. The molecule has 0 fully saturated rings. The van der Waals surface area contributed by atoms with E-state index >= 15 is 0 Å². The molecule has 0 saturated carbocycles. The summed E-state index contributed by atoms with van der Waals surface area (Å²) in [5.41, 5.74) is 0. The smallest absolute Gasteiger partial charge is 0.409 e. The molecule has 0 aliphatic heterocycles. The topological polar surface area (TPSA) is 49.3 Å². The molecule has 0 saturated heterocycles. The zero-order valence-corrected chi connectivity index (χ0v) is 4.86. The van der Waals surface area contributed by atoms with Crippen LogP contribution in [0.3, 0.4) is 0 Å². The van der Waals surface area contributed by atoms with Crippen LogP contribution in [0.2, 0.25) is 0 Å². The van der Waals surface area contributed by atoms with Crippen molar-refractivity contribution in [2.75, 3.05) is 0 Å². The first kappa shape index (κ1) is 7.10. The lowest BCUT2D eigenvalue weighted by molar-refractivity contribution is 0.200. The highest BCUT2D eigenvalue weighted by Gasteiger charge is 1.92. The molecule has 0 aliphatic carbocycles. The maximum absolute atomic E-state index is 9.72. The van der Waals surface area contributed by atoms with Crippen molar-refractivity contribution < 1.29 is 9.90 Å². The molecule has 0 heterocycles. The van der Waals surface area contributed by atoms with Crippen molar-refractivity contribution in [1.29, 1.82) is 0 Å². The van der Waals surface area contributed by atoms with Gasteiger partial charge in [0, 0.05) is 0 Å². The summed E-state index contributed by atoms with van der Waals surface area (Å²) in [7, 11) is 0. The summed E-state index contributed by atoms with van der Waals surface area (Å²) in [5, 5.41) is 9.89. The van der Waals surface area contributed by atoms with Crippen LogP contribution in [0.1, 0.15) is 0 Å². The Kier molecular flexibility index (Phi) is 2.79. The van der Waals surface area contributed by atoms with Crippen LogP contribution in [0, 0.1) is 0 Å². The maximum atomic E-state index is 9.72. The monoisotopic (exact) mass is 131 g/mol. The third-order valence-electron chi connectivity index (χ3n) is 0.416. The van der Waals surface area contributed by atoms with Gasteiger partial charge in [0.2, 0.25) is 0 Å².